The van der Waals surface area contributed by atoms with E-state index >= 15 is 0 Å². The van der Waals surface area contributed by atoms with Crippen LogP contribution in [-0.4, -0.2) is 49.8 Å². The maximum Gasteiger partial charge on any atom is 0.180 e. The van der Waals surface area contributed by atoms with E-state index in [9.17, 15) is 0 Å². The number of hydrogen-bond acceptors (Lipinski definition) is 15. The van der Waals surface area contributed by atoms with Gasteiger partial charge in [-0.25, -0.2) is 49.8 Å². The third kappa shape index (κ3) is 14.2. The van der Waals surface area contributed by atoms with Crippen LogP contribution in [0.1, 0.15) is 0 Å². The van der Waals surface area contributed by atoms with Crippen molar-refractivity contribution in [2.75, 3.05) is 0 Å². The van der Waals surface area contributed by atoms with Crippen LogP contribution in [0.2, 0.25) is 0 Å². The van der Waals surface area contributed by atoms with Gasteiger partial charge in [-0.05, 0) is 82.4 Å². The van der Waals surface area contributed by atoms with Gasteiger partial charge in [-0.3, -0.25) is 0 Å². The summed E-state index contributed by atoms with van der Waals surface area (Å²) in [7, 11) is 0. The number of nitrogens with zero attached hydrogens (tertiary/aromatic N) is 10. The van der Waals surface area contributed by atoms with E-state index in [2.05, 4.69) is 119 Å². The molecule has 0 fully saturated rings. The van der Waals surface area contributed by atoms with Crippen molar-refractivity contribution in [2.45, 2.75) is 0 Å². The highest BCUT2D eigenvalue weighted by Gasteiger charge is 2.22. The monoisotopic (exact) mass is 1530 g/mol. The van der Waals surface area contributed by atoms with Crippen molar-refractivity contribution in [3.63, 3.8) is 0 Å². The molecule has 0 saturated heterocycles. The van der Waals surface area contributed by atoms with Crippen molar-refractivity contribution in [3.8, 4) is 101 Å². The van der Waals surface area contributed by atoms with E-state index in [0.717, 1.165) is 194 Å². The Labute approximate surface area is 680 Å². The van der Waals surface area contributed by atoms with Crippen LogP contribution in [0.15, 0.2) is 424 Å². The summed E-state index contributed by atoms with van der Waals surface area (Å²) in [6.45, 7) is 0. The summed E-state index contributed by atoms with van der Waals surface area (Å²) < 4.78 is 30.6. The molecular formula is C104H66N10O5. The molecule has 24 rings (SSSR count). The lowest BCUT2D eigenvalue weighted by Crippen LogP contribution is -1.93. The lowest BCUT2D eigenvalue weighted by atomic mass is 10.0. The number of benzene rings is 14. The molecule has 0 atom stereocenters. The van der Waals surface area contributed by atoms with Gasteiger partial charge in [-0.1, -0.05) is 322 Å². The molecule has 0 unspecified atom stereocenters. The number of rotatable bonds is 9. The van der Waals surface area contributed by atoms with Crippen LogP contribution < -0.4 is 0 Å². The van der Waals surface area contributed by atoms with Gasteiger partial charge in [0, 0.05) is 65.9 Å². The van der Waals surface area contributed by atoms with Gasteiger partial charge in [0.05, 0.1) is 0 Å². The van der Waals surface area contributed by atoms with Crippen LogP contribution in [0.3, 0.4) is 0 Å². The van der Waals surface area contributed by atoms with E-state index in [1.807, 2.05) is 297 Å². The standard InChI is InChI=1S/4C22H14N2O.C16H10N2O/c1-3-9-15(10-4-1)19-21-20(17-13-7-8-14-18(17)25-21)24-22(23-19)16-11-5-2-6-12-16;1-3-8-15(9-4-1)17-12-7-13-18-20-22(25-21(17)18)19(23-14-24-20)16-10-5-2-6-11-16;1-3-7-15(8-4-1)17-11-12-19-18(13-17)21-22(25-19)20(23-14-24-21)16-9-5-2-6-10-16;1-3-7-15(8-4-1)17-11-12-18-19(13-17)25-22-20(23-14-24-21(18)22)16-9-5-2-6-10-16;1-2-6-11(7-3-1)14-16-15(18-10-17-14)12-8-4-5-9-13(12)19-16/h4*1-14H;1-10H. The first-order valence-corrected chi connectivity index (χ1v) is 38.9. The van der Waals surface area contributed by atoms with E-state index in [-0.39, 0.29) is 0 Å². The molecule has 0 aliphatic heterocycles. The average Bonchev–Trinajstić information content (AvgIpc) is 1.66. The van der Waals surface area contributed by atoms with Gasteiger partial charge in [0.1, 0.15) is 109 Å². The van der Waals surface area contributed by atoms with Gasteiger partial charge in [-0.15, -0.1) is 0 Å². The van der Waals surface area contributed by atoms with Crippen molar-refractivity contribution < 1.29 is 22.1 Å². The van der Waals surface area contributed by atoms with Crippen molar-refractivity contribution in [1.82, 2.24) is 49.8 Å². The molecule has 0 N–H and O–H groups in total. The molecule has 10 aromatic heterocycles. The van der Waals surface area contributed by atoms with Crippen molar-refractivity contribution in [3.05, 3.63) is 401 Å². The second-order valence-electron chi connectivity index (χ2n) is 28.1. The van der Waals surface area contributed by atoms with Crippen molar-refractivity contribution >= 4 is 110 Å². The Balaban J connectivity index is 0.0000000956. The third-order valence-corrected chi connectivity index (χ3v) is 20.7. The zero-order valence-electron chi connectivity index (χ0n) is 63.6. The molecule has 0 saturated carbocycles. The molecule has 0 radical (unpaired) electrons. The van der Waals surface area contributed by atoms with Gasteiger partial charge < -0.3 is 22.1 Å². The Morgan fingerprint density at radius 1 is 0.160 bits per heavy atom. The highest BCUT2D eigenvalue weighted by molar-refractivity contribution is 6.13. The van der Waals surface area contributed by atoms with E-state index in [0.29, 0.717) is 5.82 Å². The van der Waals surface area contributed by atoms with Crippen LogP contribution in [-0.2, 0) is 0 Å². The summed E-state index contributed by atoms with van der Waals surface area (Å²) in [5.74, 6) is 0.707. The average molecular weight is 1540 g/mol. The molecule has 0 amide bonds. The van der Waals surface area contributed by atoms with Gasteiger partial charge in [-0.2, -0.15) is 0 Å². The molecule has 14 aromatic carbocycles. The number of hydrogen-bond donors (Lipinski definition) is 0. The first-order chi connectivity index (χ1) is 59.0. The van der Waals surface area contributed by atoms with Crippen LogP contribution in [0, 0.1) is 0 Å². The highest BCUT2D eigenvalue weighted by Crippen LogP contribution is 2.42. The van der Waals surface area contributed by atoms with E-state index in [4.69, 9.17) is 32.1 Å². The first kappa shape index (κ1) is 71.5. The molecule has 119 heavy (non-hydrogen) atoms. The second kappa shape index (κ2) is 32.2. The molecule has 0 spiro atoms. The van der Waals surface area contributed by atoms with Crippen molar-refractivity contribution in [1.29, 1.82) is 0 Å². The number of para-hydroxylation sites is 3. The fourth-order valence-electron chi connectivity index (χ4n) is 15.0. The van der Waals surface area contributed by atoms with Crippen LogP contribution in [0.4, 0.5) is 0 Å². The molecule has 562 valence electrons. The normalized spacial score (nSPS) is 11.2. The number of aromatic nitrogens is 10. The molecule has 0 aliphatic rings. The Morgan fingerprint density at radius 2 is 0.471 bits per heavy atom. The maximum atomic E-state index is 6.30. The third-order valence-electron chi connectivity index (χ3n) is 20.7. The molecule has 0 aliphatic carbocycles. The summed E-state index contributed by atoms with van der Waals surface area (Å²) in [5, 5.41) is 5.06. The smallest absolute Gasteiger partial charge is 0.180 e. The lowest BCUT2D eigenvalue weighted by Gasteiger charge is -2.05. The SMILES string of the molecule is c1ccc(-c2ccc3c(c2)oc2c(-c4ccccc4)ncnc23)cc1.c1ccc(-c2ccc3oc4c(-c5ccccc5)ncnc4c3c2)cc1.c1ccc(-c2cccc3c2oc2c(-c4ccccc4)ncnc23)cc1.c1ccc(-c2nc(-c3ccccc3)c3oc4ccccc4c3n2)cc1.c1ccc(-c2ncnc3c2oc2ccccc23)cc1. The molecule has 24 aromatic rings. The predicted octanol–water partition coefficient (Wildman–Crippen LogP) is 26.9. The summed E-state index contributed by atoms with van der Waals surface area (Å²) in [6, 6.07) is 126. The lowest BCUT2D eigenvalue weighted by molar-refractivity contribution is 0.667. The van der Waals surface area contributed by atoms with Crippen LogP contribution >= 0.6 is 0 Å². The molecule has 0 bridgehead atoms. The quantitative estimate of drug-likeness (QED) is 0.132. The number of fused-ring (bicyclic) bond motifs is 15. The summed E-state index contributed by atoms with van der Waals surface area (Å²) in [5.41, 5.74) is 29.2. The fourth-order valence-corrected chi connectivity index (χ4v) is 15.0. The minimum absolute atomic E-state index is 0.707. The Bertz CT molecular complexity index is 7550. The van der Waals surface area contributed by atoms with Gasteiger partial charge >= 0.3 is 0 Å². The van der Waals surface area contributed by atoms with E-state index in [1.54, 1.807) is 25.3 Å². The molecule has 15 heteroatoms. The molecular weight excluding hydrogens is 1470 g/mol. The zero-order valence-corrected chi connectivity index (χ0v) is 63.6. The first-order valence-electron chi connectivity index (χ1n) is 38.9. The predicted molar refractivity (Wildman–Crippen MR) is 475 cm³/mol. The van der Waals surface area contributed by atoms with Crippen LogP contribution in [0.25, 0.3) is 211 Å². The van der Waals surface area contributed by atoms with Crippen molar-refractivity contribution in [2.24, 2.45) is 0 Å². The van der Waals surface area contributed by atoms with Gasteiger partial charge in [0.2, 0.25) is 0 Å². The molecule has 15 nitrogen and oxygen atoms in total. The Kier molecular flexibility index (Phi) is 19.3. The minimum atomic E-state index is 0.707. The second-order valence-corrected chi connectivity index (χ2v) is 28.1. The Hall–Kier alpha value is -16.5. The summed E-state index contributed by atoms with van der Waals surface area (Å²) >= 11 is 0. The largest absolute Gasteiger partial charge is 0.452 e. The number of furan rings is 5. The topological polar surface area (TPSA) is 195 Å². The fraction of sp³-hybridized carbons (Fsp3) is 0. The molecule has 10 heterocycles. The Morgan fingerprint density at radius 3 is 0.924 bits per heavy atom. The van der Waals surface area contributed by atoms with Crippen LogP contribution in [0.5, 0.6) is 0 Å². The minimum Gasteiger partial charge on any atom is -0.452 e. The van der Waals surface area contributed by atoms with E-state index in [1.165, 1.54) is 11.1 Å². The highest BCUT2D eigenvalue weighted by atomic mass is 16.3. The van der Waals surface area contributed by atoms with E-state index < -0.39 is 0 Å². The maximum absolute atomic E-state index is 6.30. The summed E-state index contributed by atoms with van der Waals surface area (Å²) in [6.07, 6.45) is 6.40. The summed E-state index contributed by atoms with van der Waals surface area (Å²) in [4.78, 5) is 45.2. The zero-order chi connectivity index (χ0) is 79.2. The van der Waals surface area contributed by atoms with Gasteiger partial charge in [0.25, 0.3) is 0 Å². The van der Waals surface area contributed by atoms with Gasteiger partial charge in [0.15, 0.2) is 33.7 Å².